The first-order valence-corrected chi connectivity index (χ1v) is 11.0. The first kappa shape index (κ1) is 20.3. The SMILES string of the molecule is N#CC1(C(=O)Nc2cccc3c(C4=CC(NC(=O)C5CC5)NC=C4)c[nH]c23)CCOCC1. The molecule has 5 rings (SSSR count). The number of nitriles is 1. The number of amides is 2. The van der Waals surface area contributed by atoms with Crippen LogP contribution in [0.25, 0.3) is 16.5 Å². The number of fused-ring (bicyclic) bond motifs is 1. The number of carbonyl (C=O) groups is 2. The molecule has 3 heterocycles. The fourth-order valence-electron chi connectivity index (χ4n) is 4.25. The Morgan fingerprint density at radius 2 is 2.03 bits per heavy atom. The summed E-state index contributed by atoms with van der Waals surface area (Å²) >= 11 is 0. The molecule has 1 aromatic heterocycles. The summed E-state index contributed by atoms with van der Waals surface area (Å²) in [5, 5.41) is 19.8. The van der Waals surface area contributed by atoms with Crippen LogP contribution >= 0.6 is 0 Å². The largest absolute Gasteiger partial charge is 0.381 e. The lowest BCUT2D eigenvalue weighted by molar-refractivity contribution is -0.127. The number of benzene rings is 1. The molecule has 3 aliphatic rings. The molecule has 8 heteroatoms. The minimum Gasteiger partial charge on any atom is -0.381 e. The molecule has 0 spiro atoms. The Bertz CT molecular complexity index is 1160. The van der Waals surface area contributed by atoms with Crippen LogP contribution in [0.2, 0.25) is 0 Å². The van der Waals surface area contributed by atoms with Gasteiger partial charge in [-0.15, -0.1) is 0 Å². The van der Waals surface area contributed by atoms with Crippen molar-refractivity contribution in [2.75, 3.05) is 18.5 Å². The predicted molar refractivity (Wildman–Crippen MR) is 120 cm³/mol. The lowest BCUT2D eigenvalue weighted by Crippen LogP contribution is -2.43. The molecule has 32 heavy (non-hydrogen) atoms. The minimum atomic E-state index is -1.07. The van der Waals surface area contributed by atoms with Crippen molar-refractivity contribution in [3.63, 3.8) is 0 Å². The first-order chi connectivity index (χ1) is 15.6. The van der Waals surface area contributed by atoms with Crippen LogP contribution in [0, 0.1) is 22.7 Å². The maximum absolute atomic E-state index is 13.0. The van der Waals surface area contributed by atoms with Crippen LogP contribution in [0.1, 0.15) is 31.2 Å². The molecule has 8 nitrogen and oxygen atoms in total. The Labute approximate surface area is 185 Å². The lowest BCUT2D eigenvalue weighted by Gasteiger charge is -2.29. The zero-order valence-corrected chi connectivity index (χ0v) is 17.6. The molecule has 0 bridgehead atoms. The van der Waals surface area contributed by atoms with Crippen molar-refractivity contribution in [1.29, 1.82) is 5.26 Å². The molecular weight excluding hydrogens is 406 g/mol. The highest BCUT2D eigenvalue weighted by atomic mass is 16.5. The van der Waals surface area contributed by atoms with Crippen LogP contribution in [0.5, 0.6) is 0 Å². The summed E-state index contributed by atoms with van der Waals surface area (Å²) < 4.78 is 5.34. The predicted octanol–water partition coefficient (Wildman–Crippen LogP) is 2.78. The average molecular weight is 431 g/mol. The second kappa shape index (κ2) is 8.17. The van der Waals surface area contributed by atoms with Gasteiger partial charge in [0.1, 0.15) is 11.6 Å². The number of hydrogen-bond donors (Lipinski definition) is 4. The number of rotatable bonds is 5. The number of anilines is 1. The molecule has 4 N–H and O–H groups in total. The fourth-order valence-corrected chi connectivity index (χ4v) is 4.25. The topological polar surface area (TPSA) is 119 Å². The number of hydrogen-bond acceptors (Lipinski definition) is 5. The molecule has 2 aromatic rings. The monoisotopic (exact) mass is 431 g/mol. The van der Waals surface area contributed by atoms with E-state index in [4.69, 9.17) is 4.74 Å². The van der Waals surface area contributed by atoms with Crippen molar-refractivity contribution in [2.45, 2.75) is 31.8 Å². The number of allylic oxidation sites excluding steroid dienone is 2. The van der Waals surface area contributed by atoms with Crippen LogP contribution in [-0.2, 0) is 14.3 Å². The Morgan fingerprint density at radius 1 is 1.22 bits per heavy atom. The van der Waals surface area contributed by atoms with Crippen molar-refractivity contribution in [1.82, 2.24) is 15.6 Å². The molecule has 1 saturated carbocycles. The number of para-hydroxylation sites is 1. The average Bonchev–Trinajstić information content (AvgIpc) is 3.59. The summed E-state index contributed by atoms with van der Waals surface area (Å²) in [4.78, 5) is 28.4. The van der Waals surface area contributed by atoms with Crippen molar-refractivity contribution >= 4 is 34.0 Å². The smallest absolute Gasteiger partial charge is 0.245 e. The number of ether oxygens (including phenoxy) is 1. The Morgan fingerprint density at radius 3 is 2.78 bits per heavy atom. The number of nitrogens with one attached hydrogen (secondary N) is 4. The first-order valence-electron chi connectivity index (χ1n) is 11.0. The molecule has 164 valence electrons. The second-order valence-corrected chi connectivity index (χ2v) is 8.57. The molecule has 1 aromatic carbocycles. The quantitative estimate of drug-likeness (QED) is 0.580. The van der Waals surface area contributed by atoms with E-state index in [1.165, 1.54) is 0 Å². The Balaban J connectivity index is 1.40. The lowest BCUT2D eigenvalue weighted by atomic mass is 9.81. The third kappa shape index (κ3) is 3.76. The van der Waals surface area contributed by atoms with E-state index in [-0.39, 0.29) is 23.9 Å². The minimum absolute atomic E-state index is 0.0804. The van der Waals surface area contributed by atoms with Crippen molar-refractivity contribution in [3.8, 4) is 6.07 Å². The highest BCUT2D eigenvalue weighted by Gasteiger charge is 2.40. The summed E-state index contributed by atoms with van der Waals surface area (Å²) in [5.41, 5.74) is 2.31. The standard InChI is InChI=1S/C24H25N5O3/c25-14-24(7-10-32-11-8-24)23(31)28-19-3-1-2-17-18(13-27-21(17)19)16-6-9-26-20(12-16)29-22(30)15-4-5-15/h1-3,6,9,12-13,15,20,26-27H,4-5,7-8,10-11H2,(H,28,31)(H,29,30). The van der Waals surface area contributed by atoms with E-state index in [0.717, 1.165) is 34.9 Å². The van der Waals surface area contributed by atoms with Crippen molar-refractivity contribution in [2.24, 2.45) is 11.3 Å². The second-order valence-electron chi connectivity index (χ2n) is 8.57. The van der Waals surface area contributed by atoms with E-state index < -0.39 is 5.41 Å². The number of carbonyl (C=O) groups excluding carboxylic acids is 2. The van der Waals surface area contributed by atoms with E-state index in [9.17, 15) is 14.9 Å². The van der Waals surface area contributed by atoms with Gasteiger partial charge in [0.2, 0.25) is 11.8 Å². The van der Waals surface area contributed by atoms with Gasteiger partial charge in [-0.1, -0.05) is 12.1 Å². The summed E-state index contributed by atoms with van der Waals surface area (Å²) in [6.07, 6.45) is 10.1. The van der Waals surface area contributed by atoms with Crippen LogP contribution < -0.4 is 16.0 Å². The van der Waals surface area contributed by atoms with Crippen LogP contribution in [0.4, 0.5) is 5.69 Å². The zero-order chi connectivity index (χ0) is 22.1. The van der Waals surface area contributed by atoms with Crippen LogP contribution in [0.15, 0.2) is 42.7 Å². The molecule has 1 atom stereocenters. The van der Waals surface area contributed by atoms with Gasteiger partial charge < -0.3 is 25.7 Å². The van der Waals surface area contributed by atoms with Gasteiger partial charge in [-0.3, -0.25) is 9.59 Å². The Kier molecular flexibility index (Phi) is 5.19. The molecular formula is C24H25N5O3. The van der Waals surface area contributed by atoms with E-state index in [1.54, 1.807) is 0 Å². The van der Waals surface area contributed by atoms with Gasteiger partial charge in [0.05, 0.1) is 17.3 Å². The Hall–Kier alpha value is -3.57. The summed E-state index contributed by atoms with van der Waals surface area (Å²) in [5.74, 6) is -0.0705. The summed E-state index contributed by atoms with van der Waals surface area (Å²) in [6, 6.07) is 7.91. The molecule has 2 fully saturated rings. The normalized spacial score (nSPS) is 21.8. The van der Waals surface area contributed by atoms with Gasteiger partial charge in [0.25, 0.3) is 0 Å². The highest BCUT2D eigenvalue weighted by Crippen LogP contribution is 2.35. The molecule has 1 saturated heterocycles. The van der Waals surface area contributed by atoms with Gasteiger partial charge in [0.15, 0.2) is 0 Å². The number of nitrogens with zero attached hydrogens (tertiary/aromatic N) is 1. The molecule has 1 aliphatic carbocycles. The van der Waals surface area contributed by atoms with Crippen molar-refractivity contribution < 1.29 is 14.3 Å². The van der Waals surface area contributed by atoms with Gasteiger partial charge in [-0.05, 0) is 55.7 Å². The molecule has 0 radical (unpaired) electrons. The van der Waals surface area contributed by atoms with Crippen LogP contribution in [-0.4, -0.2) is 36.2 Å². The maximum Gasteiger partial charge on any atom is 0.245 e. The fraction of sp³-hybridized carbons (Fsp3) is 0.375. The number of H-pyrrole nitrogens is 1. The van der Waals surface area contributed by atoms with Gasteiger partial charge >= 0.3 is 0 Å². The van der Waals surface area contributed by atoms with E-state index in [2.05, 4.69) is 27.0 Å². The van der Waals surface area contributed by atoms with Gasteiger partial charge in [-0.2, -0.15) is 5.26 Å². The van der Waals surface area contributed by atoms with Gasteiger partial charge in [-0.25, -0.2) is 0 Å². The highest BCUT2D eigenvalue weighted by molar-refractivity contribution is 6.07. The number of aromatic nitrogens is 1. The molecule has 2 aliphatic heterocycles. The summed E-state index contributed by atoms with van der Waals surface area (Å²) in [7, 11) is 0. The van der Waals surface area contributed by atoms with Gasteiger partial charge in [0, 0.05) is 36.3 Å². The van der Waals surface area contributed by atoms with E-state index in [0.29, 0.717) is 31.7 Å². The molecule has 1 unspecified atom stereocenters. The van der Waals surface area contributed by atoms with Crippen molar-refractivity contribution in [3.05, 3.63) is 48.3 Å². The summed E-state index contributed by atoms with van der Waals surface area (Å²) in [6.45, 7) is 0.815. The third-order valence-electron chi connectivity index (χ3n) is 6.40. The molecule has 2 amide bonds. The maximum atomic E-state index is 13.0. The van der Waals surface area contributed by atoms with Crippen LogP contribution in [0.3, 0.4) is 0 Å². The van der Waals surface area contributed by atoms with E-state index >= 15 is 0 Å². The number of dihydropyridines is 1. The number of aromatic amines is 1. The van der Waals surface area contributed by atoms with E-state index in [1.807, 2.05) is 42.7 Å². The third-order valence-corrected chi connectivity index (χ3v) is 6.40. The zero-order valence-electron chi connectivity index (χ0n) is 17.6.